The Kier molecular flexibility index (Phi) is 4.40. The lowest BCUT2D eigenvalue weighted by Gasteiger charge is -2.19. The highest BCUT2D eigenvalue weighted by atomic mass is 16.1. The summed E-state index contributed by atoms with van der Waals surface area (Å²) in [6.07, 6.45) is 0.996. The number of nitrogens with one attached hydrogen (secondary N) is 1. The number of aromatic nitrogens is 1. The summed E-state index contributed by atoms with van der Waals surface area (Å²) in [4.78, 5) is 19.6. The van der Waals surface area contributed by atoms with E-state index in [1.54, 1.807) is 6.07 Å². The maximum atomic E-state index is 12.8. The Morgan fingerprint density at radius 1 is 1.00 bits per heavy atom. The third-order valence-corrected chi connectivity index (χ3v) is 5.05. The second-order valence-electron chi connectivity index (χ2n) is 7.14. The monoisotopic (exact) mass is 357 g/mol. The van der Waals surface area contributed by atoms with Crippen molar-refractivity contribution in [3.8, 4) is 0 Å². The van der Waals surface area contributed by atoms with Gasteiger partial charge in [-0.05, 0) is 62.1 Å². The minimum absolute atomic E-state index is 0.181. The molecule has 0 unspecified atom stereocenters. The van der Waals surface area contributed by atoms with Gasteiger partial charge >= 0.3 is 0 Å². The smallest absolute Gasteiger partial charge is 0.274 e. The summed E-state index contributed by atoms with van der Waals surface area (Å²) in [6.45, 7) is 6.97. The summed E-state index contributed by atoms with van der Waals surface area (Å²) in [7, 11) is 0. The Labute approximate surface area is 159 Å². The van der Waals surface area contributed by atoms with Crippen molar-refractivity contribution in [1.82, 2.24) is 4.98 Å². The SMILES string of the molecule is Cc1cc(C)c(NC(=O)c2cccc(N3CCc4ccccc43)n2)c(C)c1. The number of nitrogens with zero attached hydrogens (tertiary/aromatic N) is 2. The minimum Gasteiger partial charge on any atom is -0.326 e. The largest absolute Gasteiger partial charge is 0.326 e. The summed E-state index contributed by atoms with van der Waals surface area (Å²) >= 11 is 0. The molecule has 0 radical (unpaired) electrons. The first-order valence-corrected chi connectivity index (χ1v) is 9.24. The van der Waals surface area contributed by atoms with Crippen LogP contribution in [0.4, 0.5) is 17.2 Å². The second-order valence-corrected chi connectivity index (χ2v) is 7.14. The molecule has 4 nitrogen and oxygen atoms in total. The Morgan fingerprint density at radius 3 is 2.52 bits per heavy atom. The molecular formula is C23H23N3O. The van der Waals surface area contributed by atoms with Crippen LogP contribution in [-0.4, -0.2) is 17.4 Å². The molecule has 136 valence electrons. The zero-order chi connectivity index (χ0) is 19.0. The van der Waals surface area contributed by atoms with Crippen LogP contribution in [0.15, 0.2) is 54.6 Å². The van der Waals surface area contributed by atoms with Crippen molar-refractivity contribution >= 4 is 23.1 Å². The van der Waals surface area contributed by atoms with E-state index in [1.165, 1.54) is 16.8 Å². The van der Waals surface area contributed by atoms with Gasteiger partial charge < -0.3 is 10.2 Å². The fourth-order valence-electron chi connectivity index (χ4n) is 3.83. The van der Waals surface area contributed by atoms with E-state index in [0.29, 0.717) is 5.69 Å². The highest BCUT2D eigenvalue weighted by Crippen LogP contribution is 2.33. The molecule has 2 aromatic carbocycles. The summed E-state index contributed by atoms with van der Waals surface area (Å²) in [6, 6.07) is 18.1. The predicted octanol–water partition coefficient (Wildman–Crippen LogP) is 4.95. The number of hydrogen-bond donors (Lipinski definition) is 1. The third kappa shape index (κ3) is 3.31. The van der Waals surface area contributed by atoms with Gasteiger partial charge in [-0.1, -0.05) is 42.0 Å². The van der Waals surface area contributed by atoms with Crippen molar-refractivity contribution in [3.05, 3.63) is 82.5 Å². The van der Waals surface area contributed by atoms with E-state index in [4.69, 9.17) is 0 Å². The number of carbonyl (C=O) groups is 1. The number of benzene rings is 2. The molecule has 0 saturated heterocycles. The van der Waals surface area contributed by atoms with Crippen LogP contribution in [0.3, 0.4) is 0 Å². The van der Waals surface area contributed by atoms with E-state index >= 15 is 0 Å². The van der Waals surface area contributed by atoms with Crippen molar-refractivity contribution in [3.63, 3.8) is 0 Å². The van der Waals surface area contributed by atoms with Gasteiger partial charge in [0, 0.05) is 17.9 Å². The number of amides is 1. The molecule has 27 heavy (non-hydrogen) atoms. The van der Waals surface area contributed by atoms with Gasteiger partial charge in [0.1, 0.15) is 11.5 Å². The fourth-order valence-corrected chi connectivity index (χ4v) is 3.83. The van der Waals surface area contributed by atoms with Crippen molar-refractivity contribution in [2.24, 2.45) is 0 Å². The molecule has 0 spiro atoms. The van der Waals surface area contributed by atoms with Crippen molar-refractivity contribution < 1.29 is 4.79 Å². The van der Waals surface area contributed by atoms with Crippen LogP contribution < -0.4 is 10.2 Å². The van der Waals surface area contributed by atoms with Gasteiger partial charge in [-0.25, -0.2) is 4.98 Å². The molecule has 0 saturated carbocycles. The molecule has 0 atom stereocenters. The van der Waals surface area contributed by atoms with Crippen LogP contribution >= 0.6 is 0 Å². The number of hydrogen-bond acceptors (Lipinski definition) is 3. The van der Waals surface area contributed by atoms with Gasteiger partial charge in [-0.3, -0.25) is 4.79 Å². The molecule has 0 bridgehead atoms. The first-order chi connectivity index (χ1) is 13.0. The number of carbonyl (C=O) groups excluding carboxylic acids is 1. The van der Waals surface area contributed by atoms with Crippen LogP contribution in [-0.2, 0) is 6.42 Å². The van der Waals surface area contributed by atoms with Gasteiger partial charge in [0.2, 0.25) is 0 Å². The average molecular weight is 357 g/mol. The Morgan fingerprint density at radius 2 is 1.74 bits per heavy atom. The van der Waals surface area contributed by atoms with Gasteiger partial charge in [-0.15, -0.1) is 0 Å². The number of fused-ring (bicyclic) bond motifs is 1. The Balaban J connectivity index is 1.61. The third-order valence-electron chi connectivity index (χ3n) is 5.05. The zero-order valence-corrected chi connectivity index (χ0v) is 15.9. The lowest BCUT2D eigenvalue weighted by atomic mass is 10.0. The Bertz CT molecular complexity index is 1000. The maximum Gasteiger partial charge on any atom is 0.274 e. The van der Waals surface area contributed by atoms with E-state index in [0.717, 1.165) is 35.6 Å². The average Bonchev–Trinajstić information content (AvgIpc) is 3.09. The number of anilines is 3. The van der Waals surface area contributed by atoms with Gasteiger partial charge in [0.25, 0.3) is 5.91 Å². The molecule has 0 aliphatic carbocycles. The second kappa shape index (κ2) is 6.88. The first-order valence-electron chi connectivity index (χ1n) is 9.24. The molecule has 4 rings (SSSR count). The zero-order valence-electron chi connectivity index (χ0n) is 15.9. The summed E-state index contributed by atoms with van der Waals surface area (Å²) in [5.41, 5.74) is 7.10. The molecule has 0 fully saturated rings. The van der Waals surface area contributed by atoms with Crippen molar-refractivity contribution in [2.75, 3.05) is 16.8 Å². The van der Waals surface area contributed by atoms with Crippen LogP contribution in [0.2, 0.25) is 0 Å². The van der Waals surface area contributed by atoms with Gasteiger partial charge in [0.15, 0.2) is 0 Å². The van der Waals surface area contributed by atoms with Crippen molar-refractivity contribution in [2.45, 2.75) is 27.2 Å². The van der Waals surface area contributed by atoms with Crippen LogP contribution in [0.5, 0.6) is 0 Å². The Hall–Kier alpha value is -3.14. The molecule has 1 aliphatic heterocycles. The summed E-state index contributed by atoms with van der Waals surface area (Å²) < 4.78 is 0. The first kappa shape index (κ1) is 17.3. The van der Waals surface area contributed by atoms with E-state index in [2.05, 4.69) is 52.5 Å². The molecule has 3 aromatic rings. The molecule has 2 heterocycles. The maximum absolute atomic E-state index is 12.8. The molecule has 4 heteroatoms. The van der Waals surface area contributed by atoms with E-state index in [1.807, 2.05) is 32.0 Å². The number of rotatable bonds is 3. The predicted molar refractivity (Wildman–Crippen MR) is 110 cm³/mol. The summed E-state index contributed by atoms with van der Waals surface area (Å²) in [5, 5.41) is 3.04. The highest BCUT2D eigenvalue weighted by Gasteiger charge is 2.21. The highest BCUT2D eigenvalue weighted by molar-refractivity contribution is 6.04. The van der Waals surface area contributed by atoms with E-state index in [-0.39, 0.29) is 5.91 Å². The van der Waals surface area contributed by atoms with E-state index in [9.17, 15) is 4.79 Å². The number of aryl methyl sites for hydroxylation is 3. The lowest BCUT2D eigenvalue weighted by molar-refractivity contribution is 0.102. The normalized spacial score (nSPS) is 12.8. The van der Waals surface area contributed by atoms with Gasteiger partial charge in [-0.2, -0.15) is 0 Å². The number of pyridine rings is 1. The molecule has 1 aliphatic rings. The van der Waals surface area contributed by atoms with Gasteiger partial charge in [0.05, 0.1) is 0 Å². The molecule has 1 amide bonds. The van der Waals surface area contributed by atoms with Crippen LogP contribution in [0, 0.1) is 20.8 Å². The van der Waals surface area contributed by atoms with Crippen LogP contribution in [0.1, 0.15) is 32.7 Å². The summed E-state index contributed by atoms with van der Waals surface area (Å²) in [5.74, 6) is 0.629. The number of para-hydroxylation sites is 1. The van der Waals surface area contributed by atoms with E-state index < -0.39 is 0 Å². The molecule has 1 aromatic heterocycles. The van der Waals surface area contributed by atoms with Crippen molar-refractivity contribution in [1.29, 1.82) is 0 Å². The van der Waals surface area contributed by atoms with Crippen LogP contribution in [0.25, 0.3) is 0 Å². The fraction of sp³-hybridized carbons (Fsp3) is 0.217. The standard InChI is InChI=1S/C23H23N3O/c1-15-13-16(2)22(17(3)14-15)25-23(27)19-8-6-10-21(24-19)26-12-11-18-7-4-5-9-20(18)26/h4-10,13-14H,11-12H2,1-3H3,(H,25,27). The lowest BCUT2D eigenvalue weighted by Crippen LogP contribution is -2.19. The minimum atomic E-state index is -0.181. The topological polar surface area (TPSA) is 45.2 Å². The quantitative estimate of drug-likeness (QED) is 0.721. The molecular weight excluding hydrogens is 334 g/mol. The molecule has 1 N–H and O–H groups in total.